The van der Waals surface area contributed by atoms with Crippen LogP contribution in [0, 0.1) is 0 Å². The molecule has 0 unspecified atom stereocenters. The molecule has 1 N–H and O–H groups in total. The van der Waals surface area contributed by atoms with Gasteiger partial charge in [0.15, 0.2) is 6.54 Å². The van der Waals surface area contributed by atoms with Crippen molar-refractivity contribution in [1.82, 2.24) is 9.21 Å². The number of amides is 1. The fourth-order valence-corrected chi connectivity index (χ4v) is 5.45. The van der Waals surface area contributed by atoms with Crippen molar-refractivity contribution in [3.8, 4) is 11.5 Å². The number of piperidine rings is 1. The summed E-state index contributed by atoms with van der Waals surface area (Å²) in [6, 6.07) is 4.73. The highest BCUT2D eigenvalue weighted by atomic mass is 32.2. The van der Waals surface area contributed by atoms with Crippen LogP contribution in [0.2, 0.25) is 0 Å². The average molecular weight is 413 g/mol. The lowest BCUT2D eigenvalue weighted by Crippen LogP contribution is -3.13. The predicted molar refractivity (Wildman–Crippen MR) is 104 cm³/mol. The molecule has 2 heterocycles. The number of hydrogen-bond donors (Lipinski definition) is 1. The second-order valence-electron chi connectivity index (χ2n) is 7.29. The minimum atomic E-state index is -3.73. The normalized spacial score (nSPS) is 19.4. The number of ether oxygens (including phenoxy) is 2. The molecule has 0 aromatic heterocycles. The Bertz CT molecular complexity index is 785. The van der Waals surface area contributed by atoms with Crippen LogP contribution in [0.4, 0.5) is 0 Å². The third-order valence-corrected chi connectivity index (χ3v) is 7.46. The van der Waals surface area contributed by atoms with Crippen LogP contribution in [0.25, 0.3) is 0 Å². The van der Waals surface area contributed by atoms with E-state index in [0.717, 1.165) is 13.1 Å². The van der Waals surface area contributed by atoms with Gasteiger partial charge >= 0.3 is 0 Å². The second-order valence-corrected chi connectivity index (χ2v) is 9.20. The Morgan fingerprint density at radius 2 is 1.71 bits per heavy atom. The molecule has 28 heavy (non-hydrogen) atoms. The summed E-state index contributed by atoms with van der Waals surface area (Å²) in [6.45, 7) is 4.00. The fraction of sp³-hybridized carbons (Fsp3) is 0.632. The molecule has 0 atom stereocenters. The monoisotopic (exact) mass is 412 g/mol. The van der Waals surface area contributed by atoms with Crippen molar-refractivity contribution < 1.29 is 27.6 Å². The molecule has 2 aliphatic heterocycles. The number of methoxy groups -OCH3 is 2. The van der Waals surface area contributed by atoms with Crippen molar-refractivity contribution in [2.45, 2.75) is 24.2 Å². The van der Waals surface area contributed by atoms with Crippen molar-refractivity contribution in [1.29, 1.82) is 0 Å². The topological polar surface area (TPSA) is 80.6 Å². The van der Waals surface area contributed by atoms with E-state index in [1.165, 1.54) is 48.8 Å². The number of sulfonamides is 1. The Balaban J connectivity index is 1.64. The number of likely N-dealkylation sites (tertiary alicyclic amines) is 1. The van der Waals surface area contributed by atoms with Gasteiger partial charge in [-0.05, 0) is 31.4 Å². The molecule has 1 aromatic carbocycles. The van der Waals surface area contributed by atoms with E-state index in [1.807, 2.05) is 0 Å². The molecule has 156 valence electrons. The second kappa shape index (κ2) is 9.11. The summed E-state index contributed by atoms with van der Waals surface area (Å²) in [7, 11) is -0.791. The molecule has 1 aromatic rings. The quantitative estimate of drug-likeness (QED) is 0.688. The van der Waals surface area contributed by atoms with Crippen LogP contribution in [0.15, 0.2) is 23.1 Å². The number of piperazine rings is 1. The smallest absolute Gasteiger partial charge is 0.277 e. The molecule has 0 bridgehead atoms. The number of benzene rings is 1. The van der Waals surface area contributed by atoms with Gasteiger partial charge in [0.05, 0.1) is 27.3 Å². The number of hydrogen-bond acceptors (Lipinski definition) is 5. The molecule has 9 heteroatoms. The first kappa shape index (κ1) is 20.9. The number of nitrogens with zero attached hydrogens (tertiary/aromatic N) is 2. The Morgan fingerprint density at radius 3 is 2.32 bits per heavy atom. The summed E-state index contributed by atoms with van der Waals surface area (Å²) in [5.74, 6) is 0.860. The van der Waals surface area contributed by atoms with Crippen LogP contribution in [-0.4, -0.2) is 83.6 Å². The molecule has 1 amide bonds. The fourth-order valence-electron chi connectivity index (χ4n) is 3.86. The number of rotatable bonds is 6. The Kier molecular flexibility index (Phi) is 6.79. The van der Waals surface area contributed by atoms with Gasteiger partial charge in [0.1, 0.15) is 16.4 Å². The van der Waals surface area contributed by atoms with E-state index in [1.54, 1.807) is 17.0 Å². The van der Waals surface area contributed by atoms with Gasteiger partial charge in [-0.2, -0.15) is 4.31 Å². The summed E-state index contributed by atoms with van der Waals surface area (Å²) in [4.78, 5) is 15.8. The zero-order valence-electron chi connectivity index (χ0n) is 16.6. The summed E-state index contributed by atoms with van der Waals surface area (Å²) >= 11 is 0. The molecule has 0 aliphatic carbocycles. The van der Waals surface area contributed by atoms with Crippen LogP contribution in [-0.2, 0) is 14.8 Å². The molecule has 2 fully saturated rings. The zero-order valence-corrected chi connectivity index (χ0v) is 17.5. The van der Waals surface area contributed by atoms with Crippen molar-refractivity contribution in [3.05, 3.63) is 18.2 Å². The molecular weight excluding hydrogens is 382 g/mol. The van der Waals surface area contributed by atoms with Crippen LogP contribution in [0.1, 0.15) is 19.3 Å². The van der Waals surface area contributed by atoms with Gasteiger partial charge in [-0.3, -0.25) is 4.79 Å². The first-order chi connectivity index (χ1) is 13.5. The summed E-state index contributed by atoms with van der Waals surface area (Å²) < 4.78 is 38.0. The van der Waals surface area contributed by atoms with Gasteiger partial charge in [-0.15, -0.1) is 0 Å². The van der Waals surface area contributed by atoms with E-state index in [9.17, 15) is 13.2 Å². The molecule has 2 saturated heterocycles. The maximum absolute atomic E-state index is 13.1. The van der Waals surface area contributed by atoms with E-state index < -0.39 is 10.0 Å². The van der Waals surface area contributed by atoms with Gasteiger partial charge in [0.2, 0.25) is 10.0 Å². The van der Waals surface area contributed by atoms with Gasteiger partial charge in [0, 0.05) is 32.2 Å². The maximum atomic E-state index is 13.1. The Hall–Kier alpha value is -1.84. The first-order valence-electron chi connectivity index (χ1n) is 9.79. The first-order valence-corrected chi connectivity index (χ1v) is 11.2. The number of carbonyl (C=O) groups excluding carboxylic acids is 1. The Morgan fingerprint density at radius 1 is 1.04 bits per heavy atom. The highest BCUT2D eigenvalue weighted by Crippen LogP contribution is 2.31. The lowest BCUT2D eigenvalue weighted by Gasteiger charge is -2.35. The summed E-state index contributed by atoms with van der Waals surface area (Å²) in [5.41, 5.74) is 0. The van der Waals surface area contributed by atoms with Gasteiger partial charge < -0.3 is 19.3 Å². The highest BCUT2D eigenvalue weighted by molar-refractivity contribution is 7.89. The maximum Gasteiger partial charge on any atom is 0.277 e. The van der Waals surface area contributed by atoms with Crippen LogP contribution in [0.3, 0.4) is 0 Å². The van der Waals surface area contributed by atoms with Crippen molar-refractivity contribution in [2.75, 3.05) is 60.0 Å². The lowest BCUT2D eigenvalue weighted by molar-refractivity contribution is -0.897. The van der Waals surface area contributed by atoms with Crippen molar-refractivity contribution in [3.63, 3.8) is 0 Å². The van der Waals surface area contributed by atoms with Crippen LogP contribution in [0.5, 0.6) is 11.5 Å². The number of carbonyl (C=O) groups is 1. The minimum absolute atomic E-state index is 0.0897. The summed E-state index contributed by atoms with van der Waals surface area (Å²) in [5, 5.41) is 0. The molecule has 0 radical (unpaired) electrons. The predicted octanol–water partition coefficient (Wildman–Crippen LogP) is -0.394. The van der Waals surface area contributed by atoms with Crippen LogP contribution < -0.4 is 14.4 Å². The highest BCUT2D eigenvalue weighted by Gasteiger charge is 2.33. The zero-order chi connectivity index (χ0) is 20.1. The van der Waals surface area contributed by atoms with Crippen LogP contribution >= 0.6 is 0 Å². The van der Waals surface area contributed by atoms with E-state index in [-0.39, 0.29) is 29.6 Å². The SMILES string of the molecule is COc1ccc(OC)c(S(=O)(=O)N2CCN(C(=O)C[NH+]3CCCCC3)CC2)c1. The molecule has 0 spiro atoms. The number of nitrogens with one attached hydrogen (secondary N) is 1. The molecule has 2 aliphatic rings. The molecule has 0 saturated carbocycles. The third kappa shape index (κ3) is 4.59. The lowest BCUT2D eigenvalue weighted by atomic mass is 10.1. The Labute approximate surface area is 167 Å². The van der Waals surface area contributed by atoms with Crippen molar-refractivity contribution in [2.24, 2.45) is 0 Å². The van der Waals surface area contributed by atoms with E-state index >= 15 is 0 Å². The largest absolute Gasteiger partial charge is 0.497 e. The molecule has 3 rings (SSSR count). The van der Waals surface area contributed by atoms with Gasteiger partial charge in [-0.25, -0.2) is 8.42 Å². The van der Waals surface area contributed by atoms with E-state index in [4.69, 9.17) is 9.47 Å². The third-order valence-electron chi connectivity index (χ3n) is 5.54. The number of quaternary nitrogens is 1. The molecular formula is C19H30N3O5S+. The van der Waals surface area contributed by atoms with Crippen molar-refractivity contribution >= 4 is 15.9 Å². The standard InChI is InChI=1S/C19H29N3O5S/c1-26-16-6-7-17(27-2)18(14-16)28(24,25)22-12-10-21(11-13-22)19(23)15-20-8-4-3-5-9-20/h6-7,14H,3-5,8-13,15H2,1-2H3/p+1. The van der Waals surface area contributed by atoms with E-state index in [0.29, 0.717) is 25.4 Å². The average Bonchev–Trinajstić information content (AvgIpc) is 2.74. The van der Waals surface area contributed by atoms with Gasteiger partial charge in [-0.1, -0.05) is 0 Å². The van der Waals surface area contributed by atoms with Gasteiger partial charge in [0.25, 0.3) is 5.91 Å². The molecule has 8 nitrogen and oxygen atoms in total. The summed E-state index contributed by atoms with van der Waals surface area (Å²) in [6.07, 6.45) is 3.61. The van der Waals surface area contributed by atoms with E-state index in [2.05, 4.69) is 0 Å². The minimum Gasteiger partial charge on any atom is -0.497 e.